The monoisotopic (exact) mass is 301 g/mol. The molecule has 1 aromatic carbocycles. The summed E-state index contributed by atoms with van der Waals surface area (Å²) in [5.41, 5.74) is 1.18. The van der Waals surface area contributed by atoms with E-state index in [1.807, 2.05) is 18.2 Å². The molecule has 4 heteroatoms. The van der Waals surface area contributed by atoms with Crippen LogP contribution in [0.4, 0.5) is 0 Å². The maximum absolute atomic E-state index is 8.69. The van der Waals surface area contributed by atoms with Crippen LogP contribution in [0.15, 0.2) is 22.7 Å². The lowest BCUT2D eigenvalue weighted by atomic mass is 10.2. The summed E-state index contributed by atoms with van der Waals surface area (Å²) in [5, 5.41) is 12.1. The van der Waals surface area contributed by atoms with Crippen molar-refractivity contribution in [1.29, 1.82) is 0 Å². The summed E-state index contributed by atoms with van der Waals surface area (Å²) in [6.07, 6.45) is 0.662. The quantitative estimate of drug-likeness (QED) is 0.761. The van der Waals surface area contributed by atoms with Crippen LogP contribution in [0.25, 0.3) is 0 Å². The highest BCUT2D eigenvalue weighted by molar-refractivity contribution is 9.10. The zero-order chi connectivity index (χ0) is 12.7. The molecule has 0 aromatic heterocycles. The highest BCUT2D eigenvalue weighted by Crippen LogP contribution is 2.22. The highest BCUT2D eigenvalue weighted by Gasteiger charge is 2.03. The molecule has 0 fully saturated rings. The van der Waals surface area contributed by atoms with E-state index in [1.165, 1.54) is 5.56 Å². The van der Waals surface area contributed by atoms with E-state index in [2.05, 4.69) is 35.1 Å². The third-order valence-corrected chi connectivity index (χ3v) is 3.06. The second kappa shape index (κ2) is 7.69. The van der Waals surface area contributed by atoms with Gasteiger partial charge in [-0.05, 0) is 23.8 Å². The Morgan fingerprint density at radius 1 is 1.41 bits per heavy atom. The van der Waals surface area contributed by atoms with Crippen molar-refractivity contribution in [1.82, 2.24) is 5.32 Å². The van der Waals surface area contributed by atoms with E-state index in [9.17, 15) is 0 Å². The number of aliphatic hydroxyl groups excluding tert-OH is 1. The van der Waals surface area contributed by atoms with E-state index in [1.54, 1.807) is 0 Å². The number of halogens is 1. The molecule has 0 spiro atoms. The largest absolute Gasteiger partial charge is 0.493 e. The standard InChI is InChI=1S/C13H20BrNO2/c1-10(2)15-9-11-8-12(4-5-13(11)14)17-7-3-6-16/h4-5,8,10,15-16H,3,6-7,9H2,1-2H3. The molecule has 0 aliphatic rings. The maximum atomic E-state index is 8.69. The van der Waals surface area contributed by atoms with Gasteiger partial charge in [0.1, 0.15) is 5.75 Å². The Morgan fingerprint density at radius 2 is 2.18 bits per heavy atom. The molecule has 96 valence electrons. The van der Waals surface area contributed by atoms with Crippen LogP contribution in [-0.4, -0.2) is 24.4 Å². The Morgan fingerprint density at radius 3 is 2.82 bits per heavy atom. The molecular formula is C13H20BrNO2. The number of aliphatic hydroxyl groups is 1. The number of ether oxygens (including phenoxy) is 1. The van der Waals surface area contributed by atoms with Gasteiger partial charge in [-0.2, -0.15) is 0 Å². The predicted molar refractivity (Wildman–Crippen MR) is 73.3 cm³/mol. The van der Waals surface area contributed by atoms with Crippen molar-refractivity contribution in [2.45, 2.75) is 32.9 Å². The van der Waals surface area contributed by atoms with E-state index in [-0.39, 0.29) is 6.61 Å². The molecule has 0 atom stereocenters. The fraction of sp³-hybridized carbons (Fsp3) is 0.538. The molecule has 0 unspecified atom stereocenters. The molecule has 3 nitrogen and oxygen atoms in total. The minimum atomic E-state index is 0.165. The lowest BCUT2D eigenvalue weighted by Crippen LogP contribution is -2.22. The first-order valence-corrected chi connectivity index (χ1v) is 6.68. The van der Waals surface area contributed by atoms with Gasteiger partial charge in [0.2, 0.25) is 0 Å². The van der Waals surface area contributed by atoms with Gasteiger partial charge in [0.15, 0.2) is 0 Å². The number of hydrogen-bond donors (Lipinski definition) is 2. The topological polar surface area (TPSA) is 41.5 Å². The normalized spacial score (nSPS) is 10.9. The van der Waals surface area contributed by atoms with E-state index >= 15 is 0 Å². The van der Waals surface area contributed by atoms with Crippen LogP contribution in [0.2, 0.25) is 0 Å². The van der Waals surface area contributed by atoms with Crippen molar-refractivity contribution in [3.63, 3.8) is 0 Å². The van der Waals surface area contributed by atoms with Gasteiger partial charge in [-0.25, -0.2) is 0 Å². The Kier molecular flexibility index (Phi) is 6.55. The molecule has 0 aliphatic heterocycles. The molecule has 17 heavy (non-hydrogen) atoms. The fourth-order valence-electron chi connectivity index (χ4n) is 1.35. The van der Waals surface area contributed by atoms with E-state index in [4.69, 9.17) is 9.84 Å². The number of rotatable bonds is 7. The van der Waals surface area contributed by atoms with Crippen molar-refractivity contribution >= 4 is 15.9 Å². The van der Waals surface area contributed by atoms with Crippen molar-refractivity contribution in [3.05, 3.63) is 28.2 Å². The molecule has 0 radical (unpaired) electrons. The van der Waals surface area contributed by atoms with Crippen LogP contribution < -0.4 is 10.1 Å². The average molecular weight is 302 g/mol. The lowest BCUT2D eigenvalue weighted by Gasteiger charge is -2.12. The van der Waals surface area contributed by atoms with Gasteiger partial charge in [-0.15, -0.1) is 0 Å². The highest BCUT2D eigenvalue weighted by atomic mass is 79.9. The smallest absolute Gasteiger partial charge is 0.119 e. The van der Waals surface area contributed by atoms with Crippen LogP contribution >= 0.6 is 15.9 Å². The second-order valence-corrected chi connectivity index (χ2v) is 5.07. The minimum absolute atomic E-state index is 0.165. The molecule has 0 aliphatic carbocycles. The Labute approximate surface area is 111 Å². The lowest BCUT2D eigenvalue weighted by molar-refractivity contribution is 0.233. The van der Waals surface area contributed by atoms with Crippen molar-refractivity contribution in [3.8, 4) is 5.75 Å². The van der Waals surface area contributed by atoms with Crippen LogP contribution in [0, 0.1) is 0 Å². The van der Waals surface area contributed by atoms with Gasteiger partial charge in [0.25, 0.3) is 0 Å². The number of hydrogen-bond acceptors (Lipinski definition) is 3. The van der Waals surface area contributed by atoms with E-state index < -0.39 is 0 Å². The molecule has 1 rings (SSSR count). The molecular weight excluding hydrogens is 282 g/mol. The Balaban J connectivity index is 2.59. The Bertz CT molecular complexity index is 342. The summed E-state index contributed by atoms with van der Waals surface area (Å²) < 4.78 is 6.62. The molecule has 2 N–H and O–H groups in total. The van der Waals surface area contributed by atoms with Crippen molar-refractivity contribution in [2.75, 3.05) is 13.2 Å². The number of nitrogens with one attached hydrogen (secondary N) is 1. The first-order chi connectivity index (χ1) is 8.13. The Hall–Kier alpha value is -0.580. The van der Waals surface area contributed by atoms with Gasteiger partial charge in [-0.1, -0.05) is 29.8 Å². The van der Waals surface area contributed by atoms with Gasteiger partial charge >= 0.3 is 0 Å². The summed E-state index contributed by atoms with van der Waals surface area (Å²) >= 11 is 3.53. The minimum Gasteiger partial charge on any atom is -0.493 e. The summed E-state index contributed by atoms with van der Waals surface area (Å²) in [6.45, 7) is 5.77. The SMILES string of the molecule is CC(C)NCc1cc(OCCCO)ccc1Br. The van der Waals surface area contributed by atoms with Crippen molar-refractivity contribution in [2.24, 2.45) is 0 Å². The third-order valence-electron chi connectivity index (χ3n) is 2.29. The molecule has 0 bridgehead atoms. The first-order valence-electron chi connectivity index (χ1n) is 5.89. The van der Waals surface area contributed by atoms with Gasteiger partial charge < -0.3 is 15.2 Å². The number of benzene rings is 1. The summed E-state index contributed by atoms with van der Waals surface area (Å²) in [7, 11) is 0. The zero-order valence-electron chi connectivity index (χ0n) is 10.4. The third kappa shape index (κ3) is 5.52. The van der Waals surface area contributed by atoms with Crippen molar-refractivity contribution < 1.29 is 9.84 Å². The van der Waals surface area contributed by atoms with Crippen LogP contribution in [0.1, 0.15) is 25.8 Å². The molecule has 0 saturated heterocycles. The van der Waals surface area contributed by atoms with Gasteiger partial charge in [0.05, 0.1) is 6.61 Å². The van der Waals surface area contributed by atoms with Gasteiger partial charge in [0, 0.05) is 30.1 Å². The van der Waals surface area contributed by atoms with E-state index in [0.29, 0.717) is 19.1 Å². The summed E-state index contributed by atoms with van der Waals surface area (Å²) in [4.78, 5) is 0. The second-order valence-electron chi connectivity index (χ2n) is 4.21. The van der Waals surface area contributed by atoms with Crippen LogP contribution in [0.5, 0.6) is 5.75 Å². The average Bonchev–Trinajstić information content (AvgIpc) is 2.29. The molecule has 1 aromatic rings. The summed E-state index contributed by atoms with van der Waals surface area (Å²) in [5.74, 6) is 0.849. The molecule has 0 heterocycles. The predicted octanol–water partition coefficient (Wildman–Crippen LogP) is 2.71. The molecule has 0 amide bonds. The van der Waals surface area contributed by atoms with Crippen LogP contribution in [-0.2, 0) is 6.54 Å². The molecule has 0 saturated carbocycles. The maximum Gasteiger partial charge on any atom is 0.119 e. The zero-order valence-corrected chi connectivity index (χ0v) is 12.0. The van der Waals surface area contributed by atoms with E-state index in [0.717, 1.165) is 16.8 Å². The first kappa shape index (κ1) is 14.5. The fourth-order valence-corrected chi connectivity index (χ4v) is 1.73. The summed E-state index contributed by atoms with van der Waals surface area (Å²) in [6, 6.07) is 6.41. The van der Waals surface area contributed by atoms with Crippen LogP contribution in [0.3, 0.4) is 0 Å². The van der Waals surface area contributed by atoms with Gasteiger partial charge in [-0.3, -0.25) is 0 Å².